The van der Waals surface area contributed by atoms with Gasteiger partial charge in [0.2, 0.25) is 0 Å². The summed E-state index contributed by atoms with van der Waals surface area (Å²) < 4.78 is 42.9. The predicted octanol–water partition coefficient (Wildman–Crippen LogP) is 3.45. The second-order valence-corrected chi connectivity index (χ2v) is 6.41. The van der Waals surface area contributed by atoms with Crippen molar-refractivity contribution < 1.29 is 17.9 Å². The van der Waals surface area contributed by atoms with E-state index < -0.39 is 12.7 Å². The molecule has 1 aromatic carbocycles. The molecule has 130 valence electrons. The highest BCUT2D eigenvalue weighted by Gasteiger charge is 2.34. The summed E-state index contributed by atoms with van der Waals surface area (Å²) in [6.45, 7) is 5.60. The Hall–Kier alpha value is -1.27. The van der Waals surface area contributed by atoms with Crippen LogP contribution in [0.3, 0.4) is 0 Å². The zero-order chi connectivity index (χ0) is 16.9. The number of hydrogen-bond acceptors (Lipinski definition) is 3. The third kappa shape index (κ3) is 6.39. The van der Waals surface area contributed by atoms with E-state index in [4.69, 9.17) is 4.74 Å². The van der Waals surface area contributed by atoms with Crippen LogP contribution in [0.2, 0.25) is 0 Å². The first-order valence-electron chi connectivity index (χ1n) is 8.08. The van der Waals surface area contributed by atoms with Gasteiger partial charge in [-0.25, -0.2) is 0 Å². The quantitative estimate of drug-likeness (QED) is 0.829. The topological polar surface area (TPSA) is 24.5 Å². The summed E-state index contributed by atoms with van der Waals surface area (Å²) in [6.07, 6.45) is -3.18. The van der Waals surface area contributed by atoms with Crippen molar-refractivity contribution in [3.8, 4) is 5.75 Å². The minimum atomic E-state index is -4.10. The van der Waals surface area contributed by atoms with Crippen LogP contribution in [0.5, 0.6) is 5.75 Å². The van der Waals surface area contributed by atoms with Gasteiger partial charge in [-0.1, -0.05) is 18.2 Å². The largest absolute Gasteiger partial charge is 0.491 e. The Morgan fingerprint density at radius 1 is 1.30 bits per heavy atom. The lowest BCUT2D eigenvalue weighted by atomic mass is 10.1. The van der Waals surface area contributed by atoms with Crippen LogP contribution in [0.25, 0.3) is 0 Å². The molecule has 3 nitrogen and oxygen atoms in total. The first-order valence-corrected chi connectivity index (χ1v) is 8.08. The van der Waals surface area contributed by atoms with E-state index in [1.54, 1.807) is 0 Å². The maximum Gasteiger partial charge on any atom is 0.401 e. The molecule has 1 aromatic rings. The van der Waals surface area contributed by atoms with Crippen LogP contribution < -0.4 is 10.1 Å². The zero-order valence-corrected chi connectivity index (χ0v) is 13.7. The average Bonchev–Trinajstić information content (AvgIpc) is 2.85. The number of nitrogens with zero attached hydrogens (tertiary/aromatic N) is 1. The van der Waals surface area contributed by atoms with Crippen molar-refractivity contribution in [2.24, 2.45) is 5.92 Å². The van der Waals surface area contributed by atoms with E-state index in [0.717, 1.165) is 24.3 Å². The van der Waals surface area contributed by atoms with Crippen LogP contribution in [-0.2, 0) is 6.54 Å². The minimum absolute atomic E-state index is 0.113. The Kier molecular flexibility index (Phi) is 6.30. The Morgan fingerprint density at radius 3 is 2.74 bits per heavy atom. The van der Waals surface area contributed by atoms with Gasteiger partial charge in [0.05, 0.1) is 12.6 Å². The Labute approximate surface area is 135 Å². The number of benzene rings is 1. The number of para-hydroxylation sites is 1. The molecular weight excluding hydrogens is 305 g/mol. The van der Waals surface area contributed by atoms with Crippen molar-refractivity contribution in [1.29, 1.82) is 0 Å². The number of likely N-dealkylation sites (tertiary alicyclic amines) is 1. The van der Waals surface area contributed by atoms with Gasteiger partial charge >= 0.3 is 6.18 Å². The summed E-state index contributed by atoms with van der Waals surface area (Å²) in [4.78, 5) is 1.49. The highest BCUT2D eigenvalue weighted by atomic mass is 19.4. The summed E-state index contributed by atoms with van der Waals surface area (Å²) in [5.41, 5.74) is 1.08. The summed E-state index contributed by atoms with van der Waals surface area (Å²) in [7, 11) is 0. The number of alkyl halides is 3. The van der Waals surface area contributed by atoms with Gasteiger partial charge in [0, 0.05) is 18.7 Å². The second-order valence-electron chi connectivity index (χ2n) is 6.41. The van der Waals surface area contributed by atoms with Gasteiger partial charge in [0.25, 0.3) is 0 Å². The summed E-state index contributed by atoms with van der Waals surface area (Å²) in [5.74, 6) is 1.13. The lowest BCUT2D eigenvalue weighted by molar-refractivity contribution is -0.143. The zero-order valence-electron chi connectivity index (χ0n) is 13.7. The van der Waals surface area contributed by atoms with E-state index in [-0.39, 0.29) is 12.0 Å². The molecule has 0 aliphatic carbocycles. The molecule has 0 spiro atoms. The van der Waals surface area contributed by atoms with E-state index in [2.05, 4.69) is 5.32 Å². The molecule has 0 radical (unpaired) electrons. The molecule has 0 aromatic heterocycles. The van der Waals surface area contributed by atoms with Crippen molar-refractivity contribution in [3.05, 3.63) is 29.8 Å². The number of halogens is 3. The van der Waals surface area contributed by atoms with Gasteiger partial charge in [-0.05, 0) is 45.3 Å². The highest BCUT2D eigenvalue weighted by molar-refractivity contribution is 5.33. The van der Waals surface area contributed by atoms with Gasteiger partial charge in [-0.15, -0.1) is 0 Å². The molecule has 1 unspecified atom stereocenters. The fraction of sp³-hybridized carbons (Fsp3) is 0.647. The molecule has 0 bridgehead atoms. The fourth-order valence-corrected chi connectivity index (χ4v) is 2.91. The van der Waals surface area contributed by atoms with Gasteiger partial charge in [-0.3, -0.25) is 4.90 Å². The Bertz CT molecular complexity index is 491. The number of ether oxygens (including phenoxy) is 1. The highest BCUT2D eigenvalue weighted by Crippen LogP contribution is 2.23. The molecule has 1 aliphatic heterocycles. The molecule has 1 saturated heterocycles. The van der Waals surface area contributed by atoms with Crippen LogP contribution in [0.1, 0.15) is 25.8 Å². The van der Waals surface area contributed by atoms with Gasteiger partial charge in [0.15, 0.2) is 0 Å². The fourth-order valence-electron chi connectivity index (χ4n) is 2.91. The molecule has 1 fully saturated rings. The predicted molar refractivity (Wildman–Crippen MR) is 84.5 cm³/mol. The summed E-state index contributed by atoms with van der Waals surface area (Å²) in [6, 6.07) is 7.85. The molecular formula is C17H25F3N2O. The van der Waals surface area contributed by atoms with Gasteiger partial charge < -0.3 is 10.1 Å². The van der Waals surface area contributed by atoms with Crippen molar-refractivity contribution >= 4 is 0 Å². The third-order valence-corrected chi connectivity index (χ3v) is 3.86. The number of hydrogen-bond donors (Lipinski definition) is 1. The Balaban J connectivity index is 1.76. The second kappa shape index (κ2) is 8.02. The molecule has 1 heterocycles. The van der Waals surface area contributed by atoms with Crippen molar-refractivity contribution in [1.82, 2.24) is 10.2 Å². The molecule has 0 saturated carbocycles. The van der Waals surface area contributed by atoms with Gasteiger partial charge in [0.1, 0.15) is 5.75 Å². The normalized spacial score (nSPS) is 19.5. The summed E-state index contributed by atoms with van der Waals surface area (Å²) >= 11 is 0. The van der Waals surface area contributed by atoms with Crippen LogP contribution in [0, 0.1) is 5.92 Å². The molecule has 0 amide bonds. The average molecular weight is 330 g/mol. The smallest absolute Gasteiger partial charge is 0.401 e. The lowest BCUT2D eigenvalue weighted by Crippen LogP contribution is -2.33. The van der Waals surface area contributed by atoms with Crippen molar-refractivity contribution in [3.63, 3.8) is 0 Å². The monoisotopic (exact) mass is 330 g/mol. The van der Waals surface area contributed by atoms with Gasteiger partial charge in [-0.2, -0.15) is 13.2 Å². The van der Waals surface area contributed by atoms with E-state index in [0.29, 0.717) is 19.6 Å². The van der Waals surface area contributed by atoms with E-state index in [9.17, 15) is 13.2 Å². The van der Waals surface area contributed by atoms with E-state index in [1.165, 1.54) is 4.90 Å². The van der Waals surface area contributed by atoms with Crippen LogP contribution in [0.4, 0.5) is 13.2 Å². The minimum Gasteiger partial charge on any atom is -0.491 e. The van der Waals surface area contributed by atoms with Crippen molar-refractivity contribution in [2.75, 3.05) is 26.2 Å². The molecule has 2 rings (SSSR count). The van der Waals surface area contributed by atoms with E-state index >= 15 is 0 Å². The lowest BCUT2D eigenvalue weighted by Gasteiger charge is -2.18. The Morgan fingerprint density at radius 2 is 2.04 bits per heavy atom. The third-order valence-electron chi connectivity index (χ3n) is 3.86. The molecule has 23 heavy (non-hydrogen) atoms. The first kappa shape index (κ1) is 18.1. The first-order chi connectivity index (χ1) is 10.8. The standard InChI is InChI=1S/C17H25F3N2O/c1-13(2)23-16-6-4-3-5-15(16)10-21-9-14-7-8-22(11-14)12-17(18,19)20/h3-6,13-14,21H,7-12H2,1-2H3. The molecule has 1 N–H and O–H groups in total. The molecule has 6 heteroatoms. The van der Waals surface area contributed by atoms with Crippen LogP contribution in [-0.4, -0.2) is 43.4 Å². The van der Waals surface area contributed by atoms with E-state index in [1.807, 2.05) is 38.1 Å². The van der Waals surface area contributed by atoms with Crippen LogP contribution >= 0.6 is 0 Å². The SMILES string of the molecule is CC(C)Oc1ccccc1CNCC1CCN(CC(F)(F)F)C1. The molecule has 1 atom stereocenters. The van der Waals surface area contributed by atoms with Crippen molar-refractivity contribution in [2.45, 2.75) is 39.1 Å². The maximum absolute atomic E-state index is 12.4. The van der Waals surface area contributed by atoms with Crippen LogP contribution in [0.15, 0.2) is 24.3 Å². The number of nitrogens with one attached hydrogen (secondary N) is 1. The number of rotatable bonds is 7. The summed E-state index contributed by atoms with van der Waals surface area (Å²) in [5, 5.41) is 3.35. The molecule has 1 aliphatic rings. The maximum atomic E-state index is 12.4.